The summed E-state index contributed by atoms with van der Waals surface area (Å²) in [7, 11) is 0. The molecular weight excluding hydrogens is 153 g/mol. The maximum Gasteiger partial charge on any atom is 0.219 e. The average Bonchev–Trinajstić information content (AvgIpc) is 1.84. The molecular formula is C2H5ClNOPS. The van der Waals surface area contributed by atoms with Crippen molar-refractivity contribution in [2.24, 2.45) is 0 Å². The minimum absolute atomic E-state index is 0.667. The molecule has 1 saturated heterocycles. The Labute approximate surface area is 52.1 Å². The van der Waals surface area contributed by atoms with Crippen molar-refractivity contribution in [1.29, 1.82) is 0 Å². The summed E-state index contributed by atoms with van der Waals surface area (Å²) in [6.45, 7) is 1.47. The van der Waals surface area contributed by atoms with Gasteiger partial charge in [-0.15, -0.1) is 0 Å². The van der Waals surface area contributed by atoms with E-state index in [1.54, 1.807) is 0 Å². The van der Waals surface area contributed by atoms with Crippen LogP contribution in [-0.4, -0.2) is 13.2 Å². The van der Waals surface area contributed by atoms with E-state index in [-0.39, 0.29) is 0 Å². The first-order valence-electron chi connectivity index (χ1n) is 1.90. The first-order chi connectivity index (χ1) is 3.21. The van der Waals surface area contributed by atoms with E-state index in [2.05, 4.69) is 5.09 Å². The van der Waals surface area contributed by atoms with Crippen LogP contribution >= 0.6 is 17.0 Å². The van der Waals surface area contributed by atoms with Crippen molar-refractivity contribution in [2.75, 3.05) is 13.2 Å². The number of halogens is 1. The third kappa shape index (κ3) is 1.67. The van der Waals surface area contributed by atoms with Crippen molar-refractivity contribution in [3.63, 3.8) is 0 Å². The van der Waals surface area contributed by atoms with Crippen molar-refractivity contribution < 1.29 is 4.52 Å². The van der Waals surface area contributed by atoms with E-state index >= 15 is 0 Å². The summed E-state index contributed by atoms with van der Waals surface area (Å²) in [5, 5.41) is 2.86. The second-order valence-corrected chi connectivity index (χ2v) is 6.33. The Morgan fingerprint density at radius 3 is 2.71 bits per heavy atom. The van der Waals surface area contributed by atoms with Gasteiger partial charge < -0.3 is 4.52 Å². The lowest BCUT2D eigenvalue weighted by Gasteiger charge is -2.00. The average molecular weight is 158 g/mol. The maximum absolute atomic E-state index is 5.56. The third-order valence-electron chi connectivity index (χ3n) is 0.660. The maximum atomic E-state index is 5.56. The molecule has 1 rings (SSSR count). The second kappa shape index (κ2) is 2.00. The molecule has 5 heteroatoms. The molecule has 2 nitrogen and oxygen atoms in total. The quantitative estimate of drug-likeness (QED) is 0.532. The SMILES string of the molecule is S=P1(Cl)NCCO1. The summed E-state index contributed by atoms with van der Waals surface area (Å²) in [4.78, 5) is 0. The van der Waals surface area contributed by atoms with Gasteiger partial charge >= 0.3 is 0 Å². The Morgan fingerprint density at radius 1 is 1.86 bits per heavy atom. The van der Waals surface area contributed by atoms with Gasteiger partial charge in [0.25, 0.3) is 0 Å². The van der Waals surface area contributed by atoms with Gasteiger partial charge in [0.2, 0.25) is 5.77 Å². The van der Waals surface area contributed by atoms with Gasteiger partial charge in [0, 0.05) is 6.54 Å². The van der Waals surface area contributed by atoms with Crippen LogP contribution in [0.3, 0.4) is 0 Å². The zero-order chi connectivity index (χ0) is 5.33. The van der Waals surface area contributed by atoms with Gasteiger partial charge in [-0.05, 0) is 23.0 Å². The van der Waals surface area contributed by atoms with E-state index in [4.69, 9.17) is 27.6 Å². The minimum Gasteiger partial charge on any atom is -0.326 e. The summed E-state index contributed by atoms with van der Waals surface area (Å²) in [6.07, 6.45) is 0. The lowest BCUT2D eigenvalue weighted by Crippen LogP contribution is -1.98. The zero-order valence-corrected chi connectivity index (χ0v) is 6.02. The van der Waals surface area contributed by atoms with Crippen LogP contribution < -0.4 is 5.09 Å². The van der Waals surface area contributed by atoms with E-state index in [1.807, 2.05) is 0 Å². The first-order valence-corrected chi connectivity index (χ1v) is 5.53. The van der Waals surface area contributed by atoms with Crippen LogP contribution in [0.25, 0.3) is 0 Å². The largest absolute Gasteiger partial charge is 0.326 e. The van der Waals surface area contributed by atoms with E-state index in [0.717, 1.165) is 6.54 Å². The van der Waals surface area contributed by atoms with Crippen molar-refractivity contribution >= 4 is 28.8 Å². The molecule has 1 fully saturated rings. The Balaban J connectivity index is 2.57. The molecule has 1 unspecified atom stereocenters. The molecule has 42 valence electrons. The van der Waals surface area contributed by atoms with Crippen molar-refractivity contribution in [2.45, 2.75) is 0 Å². The van der Waals surface area contributed by atoms with Gasteiger partial charge in [-0.3, -0.25) is 5.09 Å². The molecule has 1 heterocycles. The second-order valence-electron chi connectivity index (χ2n) is 1.22. The van der Waals surface area contributed by atoms with E-state index < -0.39 is 5.77 Å². The lowest BCUT2D eigenvalue weighted by molar-refractivity contribution is 0.403. The summed E-state index contributed by atoms with van der Waals surface area (Å²) < 4.78 is 4.92. The standard InChI is InChI=1S/C2H5ClNOPS/c3-6(7)4-1-2-5-6/h1-2H2,(H,4,7). The molecule has 7 heavy (non-hydrogen) atoms. The van der Waals surface area contributed by atoms with Crippen LogP contribution in [0.5, 0.6) is 0 Å². The smallest absolute Gasteiger partial charge is 0.219 e. The Morgan fingerprint density at radius 2 is 2.57 bits per heavy atom. The number of nitrogens with one attached hydrogen (secondary N) is 1. The predicted octanol–water partition coefficient (Wildman–Crippen LogP) is 1.07. The van der Waals surface area contributed by atoms with Crippen molar-refractivity contribution in [3.05, 3.63) is 0 Å². The molecule has 0 aliphatic carbocycles. The fourth-order valence-electron chi connectivity index (χ4n) is 0.388. The van der Waals surface area contributed by atoms with Gasteiger partial charge in [0.1, 0.15) is 0 Å². The summed E-state index contributed by atoms with van der Waals surface area (Å²) in [6, 6.07) is 0. The Hall–Kier alpha value is 0.860. The normalized spacial score (nSPS) is 41.9. The summed E-state index contributed by atoms with van der Waals surface area (Å²) in [5.74, 6) is -1.99. The first kappa shape index (κ1) is 5.99. The highest BCUT2D eigenvalue weighted by Crippen LogP contribution is 2.50. The molecule has 0 spiro atoms. The van der Waals surface area contributed by atoms with Gasteiger partial charge in [0.05, 0.1) is 6.61 Å². The highest BCUT2D eigenvalue weighted by molar-refractivity contribution is 8.23. The number of hydrogen-bond acceptors (Lipinski definition) is 2. The van der Waals surface area contributed by atoms with Gasteiger partial charge in [-0.2, -0.15) is 0 Å². The summed E-state index contributed by atoms with van der Waals surface area (Å²) in [5.41, 5.74) is 0. The van der Waals surface area contributed by atoms with Crippen LogP contribution in [-0.2, 0) is 16.3 Å². The minimum atomic E-state index is -1.99. The molecule has 0 bridgehead atoms. The van der Waals surface area contributed by atoms with E-state index in [9.17, 15) is 0 Å². The Bertz CT molecular complexity index is 108. The van der Waals surface area contributed by atoms with E-state index in [1.165, 1.54) is 0 Å². The fraction of sp³-hybridized carbons (Fsp3) is 1.00. The molecule has 1 N–H and O–H groups in total. The molecule has 0 amide bonds. The van der Waals surface area contributed by atoms with Crippen LogP contribution in [0.15, 0.2) is 0 Å². The fourth-order valence-corrected chi connectivity index (χ4v) is 2.12. The third-order valence-corrected chi connectivity index (χ3v) is 3.13. The van der Waals surface area contributed by atoms with Crippen molar-refractivity contribution in [3.8, 4) is 0 Å². The van der Waals surface area contributed by atoms with Crippen LogP contribution in [0.1, 0.15) is 0 Å². The monoisotopic (exact) mass is 157 g/mol. The molecule has 0 aromatic rings. The molecule has 0 saturated carbocycles. The lowest BCUT2D eigenvalue weighted by atomic mass is 10.8. The van der Waals surface area contributed by atoms with E-state index in [0.29, 0.717) is 6.61 Å². The highest BCUT2D eigenvalue weighted by atomic mass is 35.7. The topological polar surface area (TPSA) is 21.3 Å². The van der Waals surface area contributed by atoms with Gasteiger partial charge in [-0.1, -0.05) is 0 Å². The molecule has 1 aliphatic rings. The predicted molar refractivity (Wildman–Crippen MR) is 34.1 cm³/mol. The summed E-state index contributed by atoms with van der Waals surface area (Å²) >= 11 is 10.3. The van der Waals surface area contributed by atoms with Gasteiger partial charge in [-0.25, -0.2) is 0 Å². The highest BCUT2D eigenvalue weighted by Gasteiger charge is 2.17. The molecule has 0 aromatic heterocycles. The van der Waals surface area contributed by atoms with Crippen molar-refractivity contribution in [1.82, 2.24) is 5.09 Å². The van der Waals surface area contributed by atoms with Crippen LogP contribution in [0, 0.1) is 0 Å². The molecule has 1 atom stereocenters. The zero-order valence-electron chi connectivity index (χ0n) is 3.56. The molecule has 0 radical (unpaired) electrons. The van der Waals surface area contributed by atoms with Crippen LogP contribution in [0.2, 0.25) is 0 Å². The number of rotatable bonds is 0. The Kier molecular flexibility index (Phi) is 1.71. The van der Waals surface area contributed by atoms with Gasteiger partial charge in [0.15, 0.2) is 0 Å². The molecule has 1 aliphatic heterocycles. The molecule has 0 aromatic carbocycles. The number of hydrogen-bond donors (Lipinski definition) is 1. The van der Waals surface area contributed by atoms with Crippen LogP contribution in [0.4, 0.5) is 0 Å².